The predicted molar refractivity (Wildman–Crippen MR) is 133 cm³/mol. The van der Waals surface area contributed by atoms with Gasteiger partial charge in [-0.2, -0.15) is 0 Å². The van der Waals surface area contributed by atoms with E-state index in [1.54, 1.807) is 0 Å². The third-order valence-corrected chi connectivity index (χ3v) is 6.15. The third kappa shape index (κ3) is 8.03. The lowest BCUT2D eigenvalue weighted by Crippen LogP contribution is -2.50. The number of unbranched alkanes of at least 4 members (excludes halogenated alkanes) is 1. The molecule has 1 saturated heterocycles. The number of nitrogens with one attached hydrogen (secondary N) is 1. The lowest BCUT2D eigenvalue weighted by molar-refractivity contribution is -0.175. The van der Waals surface area contributed by atoms with Crippen molar-refractivity contribution in [3.8, 4) is 5.75 Å². The van der Waals surface area contributed by atoms with Crippen molar-refractivity contribution in [3.05, 3.63) is 29.3 Å². The van der Waals surface area contributed by atoms with Gasteiger partial charge in [-0.15, -0.1) is 0 Å². The summed E-state index contributed by atoms with van der Waals surface area (Å²) in [5.41, 5.74) is 0.0949. The number of benzene rings is 1. The number of esters is 3. The second kappa shape index (κ2) is 13.8. The first-order valence-electron chi connectivity index (χ1n) is 12.7. The Morgan fingerprint density at radius 2 is 1.81 bits per heavy atom. The Morgan fingerprint density at radius 3 is 2.43 bits per heavy atom. The van der Waals surface area contributed by atoms with Crippen LogP contribution in [0.1, 0.15) is 76.2 Å². The van der Waals surface area contributed by atoms with Gasteiger partial charge in [-0.1, -0.05) is 45.7 Å². The van der Waals surface area contributed by atoms with Crippen molar-refractivity contribution in [3.63, 3.8) is 0 Å². The molecular weight excluding hydrogens is 482 g/mol. The van der Waals surface area contributed by atoms with Crippen molar-refractivity contribution in [1.29, 1.82) is 0 Å². The lowest BCUT2D eigenvalue weighted by Gasteiger charge is -2.29. The van der Waals surface area contributed by atoms with E-state index >= 15 is 0 Å². The molecule has 1 aliphatic heterocycles. The van der Waals surface area contributed by atoms with Crippen molar-refractivity contribution < 1.29 is 43.3 Å². The Hall–Kier alpha value is -3.43. The molecule has 0 aliphatic carbocycles. The zero-order chi connectivity index (χ0) is 27.7. The van der Waals surface area contributed by atoms with Gasteiger partial charge in [0.1, 0.15) is 24.2 Å². The molecule has 1 fully saturated rings. The number of para-hydroxylation sites is 1. The van der Waals surface area contributed by atoms with E-state index in [1.165, 1.54) is 32.0 Å². The summed E-state index contributed by atoms with van der Waals surface area (Å²) in [4.78, 5) is 62.6. The minimum absolute atomic E-state index is 0.0313. The molecule has 0 radical (unpaired) electrons. The second-order valence-corrected chi connectivity index (χ2v) is 9.72. The minimum atomic E-state index is -1.40. The van der Waals surface area contributed by atoms with Crippen LogP contribution in [-0.2, 0) is 39.8 Å². The van der Waals surface area contributed by atoms with Gasteiger partial charge in [0.25, 0.3) is 5.91 Å². The van der Waals surface area contributed by atoms with Gasteiger partial charge >= 0.3 is 17.9 Å². The zero-order valence-electron chi connectivity index (χ0n) is 22.0. The highest BCUT2D eigenvalue weighted by Gasteiger charge is 2.43. The molecule has 0 aromatic heterocycles. The molecule has 10 heteroatoms. The Bertz CT molecular complexity index is 990. The molecule has 1 aromatic carbocycles. The van der Waals surface area contributed by atoms with Crippen LogP contribution in [0, 0.1) is 11.8 Å². The molecule has 1 aromatic rings. The van der Waals surface area contributed by atoms with Crippen molar-refractivity contribution >= 4 is 30.1 Å². The monoisotopic (exact) mass is 519 g/mol. The first-order valence-corrected chi connectivity index (χ1v) is 12.7. The van der Waals surface area contributed by atoms with Crippen LogP contribution in [-0.4, -0.2) is 59.6 Å². The number of hydrogen-bond donors (Lipinski definition) is 2. The van der Waals surface area contributed by atoms with Crippen LogP contribution in [0.3, 0.4) is 0 Å². The molecule has 0 unspecified atom stereocenters. The van der Waals surface area contributed by atoms with Gasteiger partial charge in [0.2, 0.25) is 0 Å². The average Bonchev–Trinajstić information content (AvgIpc) is 2.84. The molecule has 37 heavy (non-hydrogen) atoms. The second-order valence-electron chi connectivity index (χ2n) is 9.72. The normalized spacial score (nSPS) is 24.2. The molecule has 2 N–H and O–H groups in total. The number of cyclic esters (lactones) is 2. The fraction of sp³-hybridized carbons (Fsp3) is 0.593. The van der Waals surface area contributed by atoms with Crippen LogP contribution in [0.4, 0.5) is 0 Å². The molecule has 0 saturated carbocycles. The van der Waals surface area contributed by atoms with E-state index in [4.69, 9.17) is 14.2 Å². The van der Waals surface area contributed by atoms with Gasteiger partial charge in [0.15, 0.2) is 12.1 Å². The molecule has 1 heterocycles. The third-order valence-electron chi connectivity index (χ3n) is 6.15. The minimum Gasteiger partial charge on any atom is -0.507 e. The topological polar surface area (TPSA) is 145 Å². The van der Waals surface area contributed by atoms with Gasteiger partial charge in [0, 0.05) is 18.4 Å². The SMILES string of the molecule is CCCC[C@H]1C(=O)O[C@H](C)[C@H](NC(=O)c2cccc(CC=O)c2O)C(=O)O[C@@H](C)[C@@H]1OC(=O)CC(C)C. The number of carbonyl (C=O) groups excluding carboxylic acids is 5. The number of ether oxygens (including phenoxy) is 3. The first-order chi connectivity index (χ1) is 17.5. The summed E-state index contributed by atoms with van der Waals surface area (Å²) in [5, 5.41) is 12.9. The summed E-state index contributed by atoms with van der Waals surface area (Å²) in [6.07, 6.45) is -0.742. The van der Waals surface area contributed by atoms with E-state index in [0.29, 0.717) is 19.1 Å². The van der Waals surface area contributed by atoms with E-state index in [-0.39, 0.29) is 29.9 Å². The summed E-state index contributed by atoms with van der Waals surface area (Å²) >= 11 is 0. The number of rotatable bonds is 10. The molecule has 0 spiro atoms. The van der Waals surface area contributed by atoms with Gasteiger partial charge in [-0.25, -0.2) is 4.79 Å². The summed E-state index contributed by atoms with van der Waals surface area (Å²) in [5.74, 6) is -4.10. The highest BCUT2D eigenvalue weighted by atomic mass is 16.6. The number of carbonyl (C=O) groups is 5. The molecule has 1 aliphatic rings. The number of phenols is 1. The molecule has 10 nitrogen and oxygen atoms in total. The maximum Gasteiger partial charge on any atom is 0.332 e. The van der Waals surface area contributed by atoms with E-state index in [1.807, 2.05) is 20.8 Å². The van der Waals surface area contributed by atoms with Crippen LogP contribution in [0.5, 0.6) is 5.75 Å². The fourth-order valence-corrected chi connectivity index (χ4v) is 4.16. The van der Waals surface area contributed by atoms with Crippen LogP contribution in [0.25, 0.3) is 0 Å². The summed E-state index contributed by atoms with van der Waals surface area (Å²) in [6, 6.07) is 2.93. The van der Waals surface area contributed by atoms with Crippen molar-refractivity contribution in [2.75, 3.05) is 0 Å². The number of phenolic OH excluding ortho intramolecular Hbond substituents is 1. The van der Waals surface area contributed by atoms with E-state index in [9.17, 15) is 29.1 Å². The number of hydrogen-bond acceptors (Lipinski definition) is 9. The van der Waals surface area contributed by atoms with Gasteiger partial charge in [0.05, 0.1) is 11.5 Å². The molecule has 204 valence electrons. The Balaban J connectivity index is 2.34. The molecule has 2 rings (SSSR count). The fourth-order valence-electron chi connectivity index (χ4n) is 4.16. The average molecular weight is 520 g/mol. The van der Waals surface area contributed by atoms with E-state index < -0.39 is 59.8 Å². The Morgan fingerprint density at radius 1 is 1.14 bits per heavy atom. The Labute approximate surface area is 217 Å². The van der Waals surface area contributed by atoms with Crippen LogP contribution >= 0.6 is 0 Å². The van der Waals surface area contributed by atoms with Crippen LogP contribution in [0.2, 0.25) is 0 Å². The number of amides is 1. The molecule has 5 atom stereocenters. The van der Waals surface area contributed by atoms with Crippen LogP contribution < -0.4 is 5.32 Å². The molecule has 0 bridgehead atoms. The lowest BCUT2D eigenvalue weighted by atomic mass is 9.92. The quantitative estimate of drug-likeness (QED) is 0.271. The summed E-state index contributed by atoms with van der Waals surface area (Å²) in [7, 11) is 0. The highest BCUT2D eigenvalue weighted by Crippen LogP contribution is 2.27. The maximum atomic E-state index is 13.2. The van der Waals surface area contributed by atoms with Crippen molar-refractivity contribution in [1.82, 2.24) is 5.32 Å². The maximum absolute atomic E-state index is 13.2. The highest BCUT2D eigenvalue weighted by molar-refractivity contribution is 5.99. The van der Waals surface area contributed by atoms with Crippen molar-refractivity contribution in [2.45, 2.75) is 91.1 Å². The first kappa shape index (κ1) is 29.8. The van der Waals surface area contributed by atoms with Crippen molar-refractivity contribution in [2.24, 2.45) is 11.8 Å². The Kier molecular flexibility index (Phi) is 11.1. The number of aromatic hydroxyl groups is 1. The van der Waals surface area contributed by atoms with Gasteiger partial charge < -0.3 is 29.4 Å². The van der Waals surface area contributed by atoms with Gasteiger partial charge in [-0.05, 0) is 32.3 Å². The van der Waals surface area contributed by atoms with E-state index in [2.05, 4.69) is 5.32 Å². The number of aldehydes is 1. The largest absolute Gasteiger partial charge is 0.507 e. The standard InChI is InChI=1S/C27H37NO9/c1-6-7-10-20-24(37-21(30)14-15(2)3)17(5)36-27(34)22(16(4)35-26(20)33)28-25(32)19-11-8-9-18(12-13-29)23(19)31/h8-9,11,13,15-17,20,22,24,31H,6-7,10,12,14H2,1-5H3,(H,28,32)/t16-,17+,20-,22+,24+/m1/s1. The molecular formula is C27H37NO9. The van der Waals surface area contributed by atoms with Gasteiger partial charge in [-0.3, -0.25) is 14.4 Å². The summed E-state index contributed by atoms with van der Waals surface area (Å²) < 4.78 is 16.8. The molecule has 1 amide bonds. The van der Waals surface area contributed by atoms with Crippen LogP contribution in [0.15, 0.2) is 18.2 Å². The zero-order valence-corrected chi connectivity index (χ0v) is 22.0. The predicted octanol–water partition coefficient (Wildman–Crippen LogP) is 2.87. The summed E-state index contributed by atoms with van der Waals surface area (Å²) in [6.45, 7) is 8.65. The smallest absolute Gasteiger partial charge is 0.332 e. The van der Waals surface area contributed by atoms with E-state index in [0.717, 1.165) is 6.42 Å².